The Labute approximate surface area is 101 Å². The second kappa shape index (κ2) is 4.53. The number of aryl methyl sites for hydroxylation is 1. The van der Waals surface area contributed by atoms with E-state index in [0.717, 1.165) is 16.8 Å². The van der Waals surface area contributed by atoms with Gasteiger partial charge >= 0.3 is 0 Å². The van der Waals surface area contributed by atoms with Crippen molar-refractivity contribution in [1.82, 2.24) is 9.97 Å². The number of benzene rings is 1. The number of H-pyrrole nitrogens is 1. The van der Waals surface area contributed by atoms with Crippen molar-refractivity contribution in [2.45, 2.75) is 26.7 Å². The predicted octanol–water partition coefficient (Wildman–Crippen LogP) is 2.87. The average molecular weight is 228 g/mol. The van der Waals surface area contributed by atoms with Gasteiger partial charge in [0.1, 0.15) is 0 Å². The molecule has 88 valence electrons. The van der Waals surface area contributed by atoms with Gasteiger partial charge in [-0.2, -0.15) is 0 Å². The van der Waals surface area contributed by atoms with Crippen LogP contribution in [-0.4, -0.2) is 9.97 Å². The predicted molar refractivity (Wildman–Crippen MR) is 69.1 cm³/mol. The van der Waals surface area contributed by atoms with Gasteiger partial charge in [0, 0.05) is 11.1 Å². The van der Waals surface area contributed by atoms with Gasteiger partial charge in [-0.25, -0.2) is 4.98 Å². The van der Waals surface area contributed by atoms with Gasteiger partial charge in [-0.15, -0.1) is 0 Å². The second-order valence-corrected chi connectivity index (χ2v) is 4.52. The Hall–Kier alpha value is -1.90. The number of nitrogens with zero attached hydrogens (tertiary/aromatic N) is 1. The highest BCUT2D eigenvalue weighted by atomic mass is 16.1. The first kappa shape index (κ1) is 11.6. The number of nitrogens with one attached hydrogen (secondary N) is 1. The zero-order valence-electron chi connectivity index (χ0n) is 10.3. The normalized spacial score (nSPS) is 10.8. The second-order valence-electron chi connectivity index (χ2n) is 4.52. The Kier molecular flexibility index (Phi) is 3.09. The molecule has 0 unspecified atom stereocenters. The molecule has 0 saturated heterocycles. The number of hydrogen-bond donors (Lipinski definition) is 1. The first-order chi connectivity index (χ1) is 8.09. The first-order valence-corrected chi connectivity index (χ1v) is 5.74. The van der Waals surface area contributed by atoms with Crippen LogP contribution >= 0.6 is 0 Å². The number of hydrogen-bond acceptors (Lipinski definition) is 2. The zero-order valence-corrected chi connectivity index (χ0v) is 10.3. The molecule has 3 nitrogen and oxygen atoms in total. The molecule has 1 aromatic carbocycles. The fourth-order valence-corrected chi connectivity index (χ4v) is 1.97. The molecule has 17 heavy (non-hydrogen) atoms. The molecule has 0 radical (unpaired) electrons. The Balaban J connectivity index is 2.67. The first-order valence-electron chi connectivity index (χ1n) is 5.74. The van der Waals surface area contributed by atoms with E-state index in [-0.39, 0.29) is 11.5 Å². The zero-order chi connectivity index (χ0) is 12.4. The lowest BCUT2D eigenvalue weighted by Gasteiger charge is -2.10. The van der Waals surface area contributed by atoms with Crippen molar-refractivity contribution in [3.63, 3.8) is 0 Å². The van der Waals surface area contributed by atoms with Crippen molar-refractivity contribution < 1.29 is 0 Å². The molecule has 2 aromatic rings. The Morgan fingerprint density at radius 1 is 1.29 bits per heavy atom. The smallest absolute Gasteiger partial charge is 0.254 e. The van der Waals surface area contributed by atoms with Gasteiger partial charge in [-0.3, -0.25) is 4.79 Å². The van der Waals surface area contributed by atoms with Crippen LogP contribution in [0.25, 0.3) is 11.3 Å². The highest BCUT2D eigenvalue weighted by Gasteiger charge is 2.13. The quantitative estimate of drug-likeness (QED) is 0.859. The van der Waals surface area contributed by atoms with Crippen LogP contribution in [0.1, 0.15) is 30.9 Å². The fourth-order valence-electron chi connectivity index (χ4n) is 1.97. The van der Waals surface area contributed by atoms with E-state index in [2.05, 4.69) is 9.97 Å². The summed E-state index contributed by atoms with van der Waals surface area (Å²) in [6.07, 6.45) is 1.46. The van der Waals surface area contributed by atoms with Crippen molar-refractivity contribution in [3.8, 4) is 11.3 Å². The van der Waals surface area contributed by atoms with Gasteiger partial charge in [-0.05, 0) is 18.9 Å². The van der Waals surface area contributed by atoms with Crippen LogP contribution < -0.4 is 5.56 Å². The van der Waals surface area contributed by atoms with Crippen LogP contribution in [0.5, 0.6) is 0 Å². The Morgan fingerprint density at radius 3 is 2.71 bits per heavy atom. The maximum Gasteiger partial charge on any atom is 0.254 e. The molecule has 0 atom stereocenters. The summed E-state index contributed by atoms with van der Waals surface area (Å²) in [5.74, 6) is 0.156. The maximum atomic E-state index is 11.8. The molecule has 0 aliphatic heterocycles. The highest BCUT2D eigenvalue weighted by molar-refractivity contribution is 5.63. The Morgan fingerprint density at radius 2 is 2.06 bits per heavy atom. The summed E-state index contributed by atoms with van der Waals surface area (Å²) in [4.78, 5) is 18.8. The van der Waals surface area contributed by atoms with E-state index in [1.165, 1.54) is 11.9 Å². The van der Waals surface area contributed by atoms with Gasteiger partial charge < -0.3 is 4.98 Å². The van der Waals surface area contributed by atoms with Gasteiger partial charge in [0.05, 0.1) is 12.0 Å². The third-order valence-corrected chi connectivity index (χ3v) is 2.76. The monoisotopic (exact) mass is 228 g/mol. The van der Waals surface area contributed by atoms with Gasteiger partial charge in [-0.1, -0.05) is 37.6 Å². The van der Waals surface area contributed by atoms with Crippen molar-refractivity contribution >= 4 is 0 Å². The third kappa shape index (κ3) is 2.28. The van der Waals surface area contributed by atoms with Gasteiger partial charge in [0.2, 0.25) is 0 Å². The van der Waals surface area contributed by atoms with Crippen LogP contribution in [-0.2, 0) is 0 Å². The summed E-state index contributed by atoms with van der Waals surface area (Å²) >= 11 is 0. The topological polar surface area (TPSA) is 45.8 Å². The van der Waals surface area contributed by atoms with E-state index < -0.39 is 0 Å². The molecule has 2 rings (SSSR count). The largest absolute Gasteiger partial charge is 0.313 e. The number of rotatable bonds is 2. The van der Waals surface area contributed by atoms with E-state index in [1.807, 2.05) is 45.0 Å². The lowest BCUT2D eigenvalue weighted by atomic mass is 9.97. The number of aromatic nitrogens is 2. The molecule has 0 aliphatic carbocycles. The molecule has 3 heteroatoms. The SMILES string of the molecule is Cc1cccc(-c2nc[nH]c(=O)c2C(C)C)c1. The van der Waals surface area contributed by atoms with Gasteiger partial charge in [0.15, 0.2) is 0 Å². The lowest BCUT2D eigenvalue weighted by Crippen LogP contribution is -2.16. The fraction of sp³-hybridized carbons (Fsp3) is 0.286. The third-order valence-electron chi connectivity index (χ3n) is 2.76. The van der Waals surface area contributed by atoms with Crippen LogP contribution in [0.2, 0.25) is 0 Å². The average Bonchev–Trinajstić information content (AvgIpc) is 2.28. The molecule has 1 N–H and O–H groups in total. The standard InChI is InChI=1S/C14H16N2O/c1-9(2)12-13(15-8-16-14(12)17)11-6-4-5-10(3)7-11/h4-9H,1-3H3,(H,15,16,17). The number of aromatic amines is 1. The lowest BCUT2D eigenvalue weighted by molar-refractivity contribution is 0.833. The summed E-state index contributed by atoms with van der Waals surface area (Å²) in [6, 6.07) is 8.05. The molecule has 1 aromatic heterocycles. The van der Waals surface area contributed by atoms with Crippen molar-refractivity contribution in [2.24, 2.45) is 0 Å². The van der Waals surface area contributed by atoms with Crippen molar-refractivity contribution in [3.05, 3.63) is 52.1 Å². The summed E-state index contributed by atoms with van der Waals surface area (Å²) in [5.41, 5.74) is 3.65. The molecule has 0 saturated carbocycles. The molecule has 0 bridgehead atoms. The van der Waals surface area contributed by atoms with E-state index in [1.54, 1.807) is 0 Å². The minimum Gasteiger partial charge on any atom is -0.313 e. The molecular weight excluding hydrogens is 212 g/mol. The van der Waals surface area contributed by atoms with Crippen molar-refractivity contribution in [2.75, 3.05) is 0 Å². The van der Waals surface area contributed by atoms with Crippen LogP contribution in [0.4, 0.5) is 0 Å². The van der Waals surface area contributed by atoms with Crippen molar-refractivity contribution in [1.29, 1.82) is 0 Å². The van der Waals surface area contributed by atoms with E-state index in [4.69, 9.17) is 0 Å². The van der Waals surface area contributed by atoms with E-state index in [0.29, 0.717) is 0 Å². The highest BCUT2D eigenvalue weighted by Crippen LogP contribution is 2.24. The molecule has 0 spiro atoms. The summed E-state index contributed by atoms with van der Waals surface area (Å²) in [7, 11) is 0. The van der Waals surface area contributed by atoms with Crippen LogP contribution in [0.15, 0.2) is 35.4 Å². The molecule has 1 heterocycles. The maximum absolute atomic E-state index is 11.8. The van der Waals surface area contributed by atoms with E-state index in [9.17, 15) is 4.79 Å². The minimum atomic E-state index is -0.0495. The molecule has 0 fully saturated rings. The molecule has 0 amide bonds. The molecular formula is C14H16N2O. The summed E-state index contributed by atoms with van der Waals surface area (Å²) in [5, 5.41) is 0. The molecule has 0 aliphatic rings. The van der Waals surface area contributed by atoms with E-state index >= 15 is 0 Å². The summed E-state index contributed by atoms with van der Waals surface area (Å²) < 4.78 is 0. The van der Waals surface area contributed by atoms with Gasteiger partial charge in [0.25, 0.3) is 5.56 Å². The minimum absolute atomic E-state index is 0.0495. The van der Waals surface area contributed by atoms with Crippen LogP contribution in [0.3, 0.4) is 0 Å². The Bertz CT molecular complexity index is 585. The van der Waals surface area contributed by atoms with Crippen LogP contribution in [0, 0.1) is 6.92 Å². The summed E-state index contributed by atoms with van der Waals surface area (Å²) in [6.45, 7) is 6.04.